The highest BCUT2D eigenvalue weighted by atomic mass is 35.5. The molecule has 1 aliphatic heterocycles. The molecular weight excluding hydrogens is 284 g/mol. The molecule has 0 bridgehead atoms. The van der Waals surface area contributed by atoms with Gasteiger partial charge in [0.1, 0.15) is 0 Å². The molecule has 21 heavy (non-hydrogen) atoms. The lowest BCUT2D eigenvalue weighted by molar-refractivity contribution is 0.642. The molecule has 1 saturated heterocycles. The lowest BCUT2D eigenvalue weighted by atomic mass is 10.1. The van der Waals surface area contributed by atoms with Crippen molar-refractivity contribution in [1.82, 2.24) is 10.2 Å². The van der Waals surface area contributed by atoms with E-state index in [-0.39, 0.29) is 0 Å². The summed E-state index contributed by atoms with van der Waals surface area (Å²) in [5.74, 6) is 0.903. The fourth-order valence-corrected chi connectivity index (χ4v) is 2.83. The zero-order valence-electron chi connectivity index (χ0n) is 12.4. The van der Waals surface area contributed by atoms with Crippen LogP contribution in [0.1, 0.15) is 11.1 Å². The summed E-state index contributed by atoms with van der Waals surface area (Å²) in [5, 5.41) is 8.51. The van der Waals surface area contributed by atoms with E-state index in [0.29, 0.717) is 5.15 Å². The fraction of sp³-hybridized carbons (Fsp3) is 0.375. The smallest absolute Gasteiger partial charge is 0.151 e. The molecule has 2 heterocycles. The van der Waals surface area contributed by atoms with Crippen LogP contribution in [0.15, 0.2) is 30.3 Å². The molecule has 0 amide bonds. The first-order chi connectivity index (χ1) is 10.1. The van der Waals surface area contributed by atoms with Gasteiger partial charge in [-0.1, -0.05) is 23.7 Å². The monoisotopic (exact) mass is 302 g/mol. The maximum absolute atomic E-state index is 5.79. The van der Waals surface area contributed by atoms with E-state index in [1.165, 1.54) is 16.8 Å². The first-order valence-corrected chi connectivity index (χ1v) is 7.58. The van der Waals surface area contributed by atoms with Crippen LogP contribution in [-0.4, -0.2) is 36.4 Å². The first kappa shape index (κ1) is 14.1. The molecule has 2 aromatic rings. The highest BCUT2D eigenvalue weighted by molar-refractivity contribution is 6.29. The summed E-state index contributed by atoms with van der Waals surface area (Å²) >= 11 is 5.79. The van der Waals surface area contributed by atoms with Gasteiger partial charge in [0.2, 0.25) is 0 Å². The average Bonchev–Trinajstić information content (AvgIpc) is 2.51. The molecule has 0 radical (unpaired) electrons. The van der Waals surface area contributed by atoms with Gasteiger partial charge in [0.05, 0.1) is 0 Å². The Labute approximate surface area is 130 Å². The van der Waals surface area contributed by atoms with Crippen LogP contribution in [0.5, 0.6) is 0 Å². The number of halogens is 1. The number of aromatic nitrogens is 2. The van der Waals surface area contributed by atoms with E-state index in [1.54, 1.807) is 6.07 Å². The molecule has 0 aliphatic carbocycles. The van der Waals surface area contributed by atoms with Gasteiger partial charge in [-0.25, -0.2) is 0 Å². The van der Waals surface area contributed by atoms with Crippen molar-refractivity contribution in [1.29, 1.82) is 0 Å². The van der Waals surface area contributed by atoms with Gasteiger partial charge < -0.3 is 9.80 Å². The van der Waals surface area contributed by atoms with Crippen molar-refractivity contribution in [2.45, 2.75) is 13.8 Å². The lowest BCUT2D eigenvalue weighted by Crippen LogP contribution is -2.47. The fourth-order valence-electron chi connectivity index (χ4n) is 2.73. The van der Waals surface area contributed by atoms with Gasteiger partial charge in [0.15, 0.2) is 11.0 Å². The van der Waals surface area contributed by atoms with E-state index in [0.717, 1.165) is 32.0 Å². The molecular formula is C16H19ClN4. The lowest BCUT2D eigenvalue weighted by Gasteiger charge is -2.37. The zero-order valence-corrected chi connectivity index (χ0v) is 13.1. The second-order valence-corrected chi connectivity index (χ2v) is 5.79. The Morgan fingerprint density at radius 2 is 1.62 bits per heavy atom. The summed E-state index contributed by atoms with van der Waals surface area (Å²) in [5.41, 5.74) is 4.06. The molecule has 0 N–H and O–H groups in total. The Morgan fingerprint density at radius 3 is 2.29 bits per heavy atom. The van der Waals surface area contributed by atoms with Gasteiger partial charge in [0.25, 0.3) is 0 Å². The van der Waals surface area contributed by atoms with Gasteiger partial charge in [-0.3, -0.25) is 0 Å². The summed E-state index contributed by atoms with van der Waals surface area (Å²) in [7, 11) is 0. The number of benzene rings is 1. The zero-order chi connectivity index (χ0) is 14.8. The third-order valence-corrected chi connectivity index (χ3v) is 4.34. The quantitative estimate of drug-likeness (QED) is 0.853. The topological polar surface area (TPSA) is 32.3 Å². The van der Waals surface area contributed by atoms with E-state index >= 15 is 0 Å². The van der Waals surface area contributed by atoms with Crippen molar-refractivity contribution < 1.29 is 0 Å². The van der Waals surface area contributed by atoms with Crippen molar-refractivity contribution in [3.8, 4) is 0 Å². The second kappa shape index (κ2) is 5.90. The van der Waals surface area contributed by atoms with Crippen LogP contribution in [-0.2, 0) is 0 Å². The maximum Gasteiger partial charge on any atom is 0.151 e. The van der Waals surface area contributed by atoms with Crippen molar-refractivity contribution in [2.24, 2.45) is 0 Å². The van der Waals surface area contributed by atoms with Crippen LogP contribution in [0.25, 0.3) is 0 Å². The molecule has 0 unspecified atom stereocenters. The Hall–Kier alpha value is -1.81. The minimum Gasteiger partial charge on any atom is -0.368 e. The molecule has 3 rings (SSSR count). The molecule has 0 atom stereocenters. The molecule has 0 spiro atoms. The maximum atomic E-state index is 5.79. The molecule has 1 aromatic heterocycles. The number of piperazine rings is 1. The minimum absolute atomic E-state index is 0.438. The standard InChI is InChI=1S/C16H19ClN4/c1-12-4-3-5-14(13(12)2)20-8-10-21(11-9-20)16-7-6-15(17)18-19-16/h3-7H,8-11H2,1-2H3. The molecule has 4 nitrogen and oxygen atoms in total. The Balaban J connectivity index is 1.70. The Bertz CT molecular complexity index is 619. The van der Waals surface area contributed by atoms with Crippen LogP contribution in [0.3, 0.4) is 0 Å². The second-order valence-electron chi connectivity index (χ2n) is 5.41. The summed E-state index contributed by atoms with van der Waals surface area (Å²) in [6, 6.07) is 10.2. The summed E-state index contributed by atoms with van der Waals surface area (Å²) in [6.45, 7) is 8.25. The molecule has 1 aromatic carbocycles. The van der Waals surface area contributed by atoms with Crippen LogP contribution >= 0.6 is 11.6 Å². The largest absolute Gasteiger partial charge is 0.368 e. The predicted molar refractivity (Wildman–Crippen MR) is 87.4 cm³/mol. The van der Waals surface area contributed by atoms with Crippen molar-refractivity contribution in [2.75, 3.05) is 36.0 Å². The Kier molecular flexibility index (Phi) is 3.97. The number of hydrogen-bond acceptors (Lipinski definition) is 4. The number of hydrogen-bond donors (Lipinski definition) is 0. The summed E-state index contributed by atoms with van der Waals surface area (Å²) < 4.78 is 0. The normalized spacial score (nSPS) is 15.4. The van der Waals surface area contributed by atoms with Crippen LogP contribution in [0, 0.1) is 13.8 Å². The number of aryl methyl sites for hydroxylation is 1. The van der Waals surface area contributed by atoms with Crippen molar-refractivity contribution in [3.63, 3.8) is 0 Å². The summed E-state index contributed by atoms with van der Waals surface area (Å²) in [6.07, 6.45) is 0. The minimum atomic E-state index is 0.438. The third-order valence-electron chi connectivity index (χ3n) is 4.14. The van der Waals surface area contributed by atoms with E-state index in [4.69, 9.17) is 11.6 Å². The molecule has 1 aliphatic rings. The van der Waals surface area contributed by atoms with Gasteiger partial charge in [0, 0.05) is 31.9 Å². The number of nitrogens with zero attached hydrogens (tertiary/aromatic N) is 4. The predicted octanol–water partition coefficient (Wildman–Crippen LogP) is 3.07. The van der Waals surface area contributed by atoms with E-state index in [2.05, 4.69) is 52.0 Å². The Morgan fingerprint density at radius 1 is 0.905 bits per heavy atom. The summed E-state index contributed by atoms with van der Waals surface area (Å²) in [4.78, 5) is 4.70. The van der Waals surface area contributed by atoms with E-state index < -0.39 is 0 Å². The van der Waals surface area contributed by atoms with Crippen LogP contribution in [0.2, 0.25) is 5.15 Å². The molecule has 5 heteroatoms. The highest BCUT2D eigenvalue weighted by Gasteiger charge is 2.19. The van der Waals surface area contributed by atoms with E-state index in [9.17, 15) is 0 Å². The highest BCUT2D eigenvalue weighted by Crippen LogP contribution is 2.24. The van der Waals surface area contributed by atoms with Crippen molar-refractivity contribution in [3.05, 3.63) is 46.6 Å². The number of rotatable bonds is 2. The van der Waals surface area contributed by atoms with E-state index in [1.807, 2.05) is 6.07 Å². The van der Waals surface area contributed by atoms with Gasteiger partial charge >= 0.3 is 0 Å². The molecule has 110 valence electrons. The molecule has 0 saturated carbocycles. The van der Waals surface area contributed by atoms with Crippen LogP contribution < -0.4 is 9.80 Å². The third kappa shape index (κ3) is 2.95. The average molecular weight is 303 g/mol. The van der Waals surface area contributed by atoms with Crippen molar-refractivity contribution >= 4 is 23.1 Å². The van der Waals surface area contributed by atoms with Gasteiger partial charge in [-0.2, -0.15) is 0 Å². The van der Waals surface area contributed by atoms with Gasteiger partial charge in [-0.05, 0) is 43.2 Å². The van der Waals surface area contributed by atoms with Crippen LogP contribution in [0.4, 0.5) is 11.5 Å². The van der Waals surface area contributed by atoms with Gasteiger partial charge in [-0.15, -0.1) is 10.2 Å². The first-order valence-electron chi connectivity index (χ1n) is 7.20. The molecule has 1 fully saturated rings. The SMILES string of the molecule is Cc1cccc(N2CCN(c3ccc(Cl)nn3)CC2)c1C. The number of anilines is 2.